The molecule has 2 amide bonds. The van der Waals surface area contributed by atoms with Crippen LogP contribution < -0.4 is 15.5 Å². The maximum Gasteiger partial charge on any atom is 0.319 e. The molecule has 0 radical (unpaired) electrons. The van der Waals surface area contributed by atoms with Gasteiger partial charge in [0.25, 0.3) is 0 Å². The highest BCUT2D eigenvalue weighted by Gasteiger charge is 2.57. The molecule has 12 heteroatoms. The Bertz CT molecular complexity index is 1270. The van der Waals surface area contributed by atoms with E-state index >= 15 is 0 Å². The first-order chi connectivity index (χ1) is 18.3. The molecule has 5 N–H and O–H groups in total. The van der Waals surface area contributed by atoms with Gasteiger partial charge in [-0.25, -0.2) is 14.8 Å². The van der Waals surface area contributed by atoms with E-state index in [0.717, 1.165) is 5.56 Å². The second-order valence-electron chi connectivity index (χ2n) is 9.46. The minimum Gasteiger partial charge on any atom is -0.395 e. The first-order valence-corrected chi connectivity index (χ1v) is 14.1. The highest BCUT2D eigenvalue weighted by Crippen LogP contribution is 2.75. The van der Waals surface area contributed by atoms with E-state index in [9.17, 15) is 13.9 Å². The maximum atomic E-state index is 11.9. The SMILES string of the molecule is C[C@H]1COCCN1c1cc(C2(S(O)(O)c3ccncc3)CC2)nc(-c2ccc(NC(=O)NCCO)cc2)n1. The van der Waals surface area contributed by atoms with Crippen molar-refractivity contribution in [3.63, 3.8) is 0 Å². The van der Waals surface area contributed by atoms with Crippen molar-refractivity contribution in [2.75, 3.05) is 43.1 Å². The number of carbonyl (C=O) groups excluding carboxylic acids is 1. The first-order valence-electron chi connectivity index (χ1n) is 12.5. The lowest BCUT2D eigenvalue weighted by atomic mass is 10.1. The number of aromatic nitrogens is 3. The van der Waals surface area contributed by atoms with E-state index in [0.29, 0.717) is 60.5 Å². The number of urea groups is 1. The van der Waals surface area contributed by atoms with Gasteiger partial charge in [-0.15, -0.1) is 0 Å². The monoisotopic (exact) mass is 540 g/mol. The molecule has 11 nitrogen and oxygen atoms in total. The van der Waals surface area contributed by atoms with Gasteiger partial charge in [-0.2, -0.15) is 10.6 Å². The van der Waals surface area contributed by atoms with Gasteiger partial charge in [0.1, 0.15) is 10.6 Å². The Labute approximate surface area is 222 Å². The molecule has 3 heterocycles. The zero-order chi connectivity index (χ0) is 26.8. The zero-order valence-corrected chi connectivity index (χ0v) is 21.9. The van der Waals surface area contributed by atoms with E-state index in [1.165, 1.54) is 0 Å². The molecule has 2 fully saturated rings. The number of hydrogen-bond donors (Lipinski definition) is 5. The second kappa shape index (κ2) is 10.8. The van der Waals surface area contributed by atoms with Gasteiger partial charge in [0.2, 0.25) is 0 Å². The van der Waals surface area contributed by atoms with E-state index < -0.39 is 21.4 Å². The third-order valence-electron chi connectivity index (χ3n) is 6.87. The number of ether oxygens (including phenoxy) is 1. The van der Waals surface area contributed by atoms with Gasteiger partial charge in [-0.3, -0.25) is 14.1 Å². The zero-order valence-electron chi connectivity index (χ0n) is 21.1. The average Bonchev–Trinajstić information content (AvgIpc) is 3.76. The molecule has 202 valence electrons. The van der Waals surface area contributed by atoms with E-state index in [1.54, 1.807) is 36.7 Å². The number of morpholine rings is 1. The molecule has 38 heavy (non-hydrogen) atoms. The lowest BCUT2D eigenvalue weighted by Gasteiger charge is -2.41. The Morgan fingerprint density at radius 3 is 2.55 bits per heavy atom. The van der Waals surface area contributed by atoms with Crippen LogP contribution in [0, 0.1) is 0 Å². The number of hydrogen-bond acceptors (Lipinski definition) is 9. The van der Waals surface area contributed by atoms with Gasteiger partial charge in [0.05, 0.1) is 36.5 Å². The van der Waals surface area contributed by atoms with Crippen LogP contribution in [0.2, 0.25) is 0 Å². The number of benzene rings is 1. The Hall–Kier alpha value is -3.29. The summed E-state index contributed by atoms with van der Waals surface area (Å²) in [6.07, 6.45) is 4.31. The minimum atomic E-state index is -3.21. The number of nitrogens with one attached hydrogen (secondary N) is 2. The van der Waals surface area contributed by atoms with Gasteiger partial charge in [-0.1, -0.05) is 0 Å². The first kappa shape index (κ1) is 26.3. The van der Waals surface area contributed by atoms with Crippen LogP contribution in [0.4, 0.5) is 16.3 Å². The second-order valence-corrected chi connectivity index (χ2v) is 11.8. The average molecular weight is 541 g/mol. The molecular formula is C26H32N6O5S. The summed E-state index contributed by atoms with van der Waals surface area (Å²) >= 11 is 0. The fourth-order valence-electron chi connectivity index (χ4n) is 4.61. The number of aliphatic hydroxyl groups excluding tert-OH is 1. The van der Waals surface area contributed by atoms with Crippen molar-refractivity contribution >= 4 is 28.1 Å². The lowest BCUT2D eigenvalue weighted by molar-refractivity contribution is 0.0985. The molecule has 1 saturated heterocycles. The number of aliphatic hydroxyl groups is 1. The Kier molecular flexibility index (Phi) is 7.50. The fraction of sp³-hybridized carbons (Fsp3) is 0.385. The molecular weight excluding hydrogens is 508 g/mol. The normalized spacial score (nSPS) is 19.1. The topological polar surface area (TPSA) is 153 Å². The summed E-state index contributed by atoms with van der Waals surface area (Å²) < 4.78 is 27.7. The maximum absolute atomic E-state index is 11.9. The molecule has 3 aromatic rings. The van der Waals surface area contributed by atoms with E-state index in [4.69, 9.17) is 19.8 Å². The molecule has 5 rings (SSSR count). The fourth-order valence-corrected chi connectivity index (χ4v) is 6.63. The van der Waals surface area contributed by atoms with Crippen LogP contribution in [-0.2, 0) is 9.48 Å². The van der Waals surface area contributed by atoms with Crippen LogP contribution in [0.5, 0.6) is 0 Å². The number of pyridine rings is 1. The molecule has 1 atom stereocenters. The van der Waals surface area contributed by atoms with Crippen molar-refractivity contribution in [1.29, 1.82) is 0 Å². The Morgan fingerprint density at radius 2 is 1.89 bits per heavy atom. The molecule has 0 bridgehead atoms. The number of nitrogens with zero attached hydrogens (tertiary/aromatic N) is 4. The predicted octanol–water partition coefficient (Wildman–Crippen LogP) is 3.68. The highest BCUT2D eigenvalue weighted by molar-refractivity contribution is 8.25. The summed E-state index contributed by atoms with van der Waals surface area (Å²) in [6, 6.07) is 12.0. The third-order valence-corrected chi connectivity index (χ3v) is 9.50. The lowest BCUT2D eigenvalue weighted by Crippen LogP contribution is -2.44. The van der Waals surface area contributed by atoms with Crippen LogP contribution >= 0.6 is 10.6 Å². The van der Waals surface area contributed by atoms with E-state index in [1.807, 2.05) is 18.2 Å². The minimum absolute atomic E-state index is 0.0964. The number of rotatable bonds is 8. The van der Waals surface area contributed by atoms with Gasteiger partial charge < -0.3 is 25.4 Å². The van der Waals surface area contributed by atoms with E-state index in [2.05, 4.69) is 27.4 Å². The van der Waals surface area contributed by atoms with Gasteiger partial charge in [-0.05, 0) is 56.2 Å². The quantitative estimate of drug-likeness (QED) is 0.288. The van der Waals surface area contributed by atoms with Crippen molar-refractivity contribution in [3.8, 4) is 11.4 Å². The summed E-state index contributed by atoms with van der Waals surface area (Å²) in [5, 5.41) is 14.1. The third kappa shape index (κ3) is 5.18. The van der Waals surface area contributed by atoms with E-state index in [-0.39, 0.29) is 19.2 Å². The largest absolute Gasteiger partial charge is 0.395 e. The van der Waals surface area contributed by atoms with Crippen molar-refractivity contribution in [2.45, 2.75) is 35.4 Å². The van der Waals surface area contributed by atoms with Crippen molar-refractivity contribution in [3.05, 3.63) is 60.6 Å². The number of carbonyl (C=O) groups is 1. The van der Waals surface area contributed by atoms with Crippen LogP contribution in [0.25, 0.3) is 11.4 Å². The van der Waals surface area contributed by atoms with Gasteiger partial charge >= 0.3 is 6.03 Å². The standard InChI is InChI=1S/C26H32N6O5S/c1-18-17-37-15-13-32(18)23-16-22(26(8-9-26)38(35,36)21-6-10-27-11-7-21)30-24(31-23)19-2-4-20(5-3-19)29-25(34)28-12-14-33/h2-7,10-11,16,18,33,35-36H,8-9,12-15,17H2,1H3,(H2,28,29,34)/t18-/m0/s1. The number of anilines is 2. The summed E-state index contributed by atoms with van der Waals surface area (Å²) in [6.45, 7) is 3.90. The number of amides is 2. The summed E-state index contributed by atoms with van der Waals surface area (Å²) in [4.78, 5) is 28.3. The molecule has 1 saturated carbocycles. The molecule has 0 unspecified atom stereocenters. The molecule has 2 aliphatic rings. The summed E-state index contributed by atoms with van der Waals surface area (Å²) in [7, 11) is -3.21. The van der Waals surface area contributed by atoms with Gasteiger partial charge in [0, 0.05) is 42.8 Å². The van der Waals surface area contributed by atoms with Crippen molar-refractivity contribution in [2.24, 2.45) is 0 Å². The Balaban J connectivity index is 1.52. The predicted molar refractivity (Wildman–Crippen MR) is 145 cm³/mol. The molecule has 2 aromatic heterocycles. The molecule has 1 aromatic carbocycles. The Morgan fingerprint density at radius 1 is 1.16 bits per heavy atom. The van der Waals surface area contributed by atoms with Crippen LogP contribution in [-0.4, -0.2) is 74.1 Å². The van der Waals surface area contributed by atoms with Gasteiger partial charge in [0.15, 0.2) is 5.82 Å². The van der Waals surface area contributed by atoms with Crippen LogP contribution in [0.1, 0.15) is 25.5 Å². The van der Waals surface area contributed by atoms with Crippen molar-refractivity contribution in [1.82, 2.24) is 20.3 Å². The molecule has 1 aliphatic heterocycles. The smallest absolute Gasteiger partial charge is 0.319 e. The van der Waals surface area contributed by atoms with Crippen molar-refractivity contribution < 1.29 is 23.7 Å². The summed E-state index contributed by atoms with van der Waals surface area (Å²) in [5.74, 6) is 1.17. The molecule has 1 aliphatic carbocycles. The van der Waals surface area contributed by atoms with Crippen LogP contribution in [0.15, 0.2) is 59.8 Å². The van der Waals surface area contributed by atoms with Crippen LogP contribution in [0.3, 0.4) is 0 Å². The summed E-state index contributed by atoms with van der Waals surface area (Å²) in [5.41, 5.74) is 1.90. The highest BCUT2D eigenvalue weighted by atomic mass is 32.3. The molecule has 0 spiro atoms.